The molecule has 2 aromatic heterocycles. The highest BCUT2D eigenvalue weighted by Gasteiger charge is 2.12. The maximum atomic E-state index is 10.7. The predicted octanol–water partition coefficient (Wildman–Crippen LogP) is 1.88. The van der Waals surface area contributed by atoms with Gasteiger partial charge in [-0.25, -0.2) is 19.9 Å². The highest BCUT2D eigenvalue weighted by molar-refractivity contribution is 5.67. The van der Waals surface area contributed by atoms with Crippen LogP contribution in [0.1, 0.15) is 29.2 Å². The van der Waals surface area contributed by atoms with E-state index >= 15 is 0 Å². The molecule has 2 rings (SSSR count). The Morgan fingerprint density at radius 3 is 2.35 bits per heavy atom. The van der Waals surface area contributed by atoms with E-state index in [1.165, 1.54) is 0 Å². The largest absolute Gasteiger partial charge is 0.481 e. The number of carboxylic acids is 1. The number of rotatable bonds is 4. The monoisotopic (exact) mass is 272 g/mol. The zero-order valence-corrected chi connectivity index (χ0v) is 11.7. The molecule has 0 unspecified atom stereocenters. The third-order valence-corrected chi connectivity index (χ3v) is 3.01. The molecule has 0 fully saturated rings. The standard InChI is InChI=1S/C14H16N4O2/c1-8-11(4-5-13(19)20)9(2)17-14(16-8)12-6-7-15-10(3)18-12/h6-7H,4-5H2,1-3H3,(H,19,20). The van der Waals surface area contributed by atoms with Gasteiger partial charge < -0.3 is 5.11 Å². The summed E-state index contributed by atoms with van der Waals surface area (Å²) < 4.78 is 0. The lowest BCUT2D eigenvalue weighted by Crippen LogP contribution is -2.06. The number of aryl methyl sites for hydroxylation is 3. The summed E-state index contributed by atoms with van der Waals surface area (Å²) in [5.74, 6) is 0.389. The van der Waals surface area contributed by atoms with Gasteiger partial charge in [0.15, 0.2) is 5.82 Å². The molecule has 0 amide bonds. The number of carboxylic acid groups (broad SMARTS) is 1. The van der Waals surface area contributed by atoms with Crippen LogP contribution in [0.3, 0.4) is 0 Å². The number of aliphatic carboxylic acids is 1. The van der Waals surface area contributed by atoms with Crippen molar-refractivity contribution in [2.45, 2.75) is 33.6 Å². The van der Waals surface area contributed by atoms with Crippen LogP contribution in [0.5, 0.6) is 0 Å². The minimum absolute atomic E-state index is 0.0804. The minimum Gasteiger partial charge on any atom is -0.481 e. The Morgan fingerprint density at radius 2 is 1.80 bits per heavy atom. The molecule has 0 radical (unpaired) electrons. The van der Waals surface area contributed by atoms with E-state index in [2.05, 4.69) is 19.9 Å². The summed E-state index contributed by atoms with van der Waals surface area (Å²) >= 11 is 0. The van der Waals surface area contributed by atoms with E-state index in [0.29, 0.717) is 23.8 Å². The van der Waals surface area contributed by atoms with E-state index in [4.69, 9.17) is 5.11 Å². The first-order chi connectivity index (χ1) is 9.47. The summed E-state index contributed by atoms with van der Waals surface area (Å²) in [6.07, 6.45) is 2.19. The van der Waals surface area contributed by atoms with Gasteiger partial charge in [0.25, 0.3) is 0 Å². The molecule has 0 atom stereocenters. The average molecular weight is 272 g/mol. The van der Waals surface area contributed by atoms with E-state index in [1.54, 1.807) is 12.3 Å². The average Bonchev–Trinajstić information content (AvgIpc) is 2.37. The fourth-order valence-corrected chi connectivity index (χ4v) is 2.03. The van der Waals surface area contributed by atoms with Crippen LogP contribution >= 0.6 is 0 Å². The van der Waals surface area contributed by atoms with Crippen LogP contribution in [0.4, 0.5) is 0 Å². The molecular weight excluding hydrogens is 256 g/mol. The van der Waals surface area contributed by atoms with E-state index < -0.39 is 5.97 Å². The number of aromatic nitrogens is 4. The van der Waals surface area contributed by atoms with Gasteiger partial charge in [-0.05, 0) is 38.8 Å². The lowest BCUT2D eigenvalue weighted by Gasteiger charge is -2.09. The second-order valence-corrected chi connectivity index (χ2v) is 4.58. The molecule has 6 nitrogen and oxygen atoms in total. The molecule has 20 heavy (non-hydrogen) atoms. The van der Waals surface area contributed by atoms with Crippen LogP contribution < -0.4 is 0 Å². The van der Waals surface area contributed by atoms with E-state index in [1.807, 2.05) is 20.8 Å². The molecule has 0 aliphatic rings. The van der Waals surface area contributed by atoms with Crippen LogP contribution in [0.15, 0.2) is 12.3 Å². The van der Waals surface area contributed by atoms with Gasteiger partial charge in [0.1, 0.15) is 11.5 Å². The number of nitrogens with zero attached hydrogens (tertiary/aromatic N) is 4. The lowest BCUT2D eigenvalue weighted by atomic mass is 10.1. The number of hydrogen-bond acceptors (Lipinski definition) is 5. The molecule has 6 heteroatoms. The second kappa shape index (κ2) is 5.73. The summed E-state index contributed by atoms with van der Waals surface area (Å²) in [7, 11) is 0. The normalized spacial score (nSPS) is 10.6. The van der Waals surface area contributed by atoms with E-state index in [9.17, 15) is 4.79 Å². The van der Waals surface area contributed by atoms with Gasteiger partial charge in [-0.1, -0.05) is 0 Å². The van der Waals surface area contributed by atoms with Gasteiger partial charge in [0, 0.05) is 24.0 Å². The molecule has 0 saturated carbocycles. The van der Waals surface area contributed by atoms with Crippen molar-refractivity contribution >= 4 is 5.97 Å². The van der Waals surface area contributed by atoms with Crippen LogP contribution in [0.25, 0.3) is 11.5 Å². The molecule has 0 aromatic carbocycles. The van der Waals surface area contributed by atoms with Crippen molar-refractivity contribution in [1.29, 1.82) is 0 Å². The summed E-state index contributed by atoms with van der Waals surface area (Å²) in [5.41, 5.74) is 3.16. The molecule has 0 saturated heterocycles. The van der Waals surface area contributed by atoms with Crippen LogP contribution in [0, 0.1) is 20.8 Å². The zero-order chi connectivity index (χ0) is 14.7. The zero-order valence-electron chi connectivity index (χ0n) is 11.7. The fourth-order valence-electron chi connectivity index (χ4n) is 2.03. The SMILES string of the molecule is Cc1nccc(-c2nc(C)c(CCC(=O)O)c(C)n2)n1. The van der Waals surface area contributed by atoms with Crippen LogP contribution in [-0.2, 0) is 11.2 Å². The molecule has 104 valence electrons. The summed E-state index contributed by atoms with van der Waals surface area (Å²) in [5, 5.41) is 8.76. The Bertz CT molecular complexity index is 632. The second-order valence-electron chi connectivity index (χ2n) is 4.58. The lowest BCUT2D eigenvalue weighted by molar-refractivity contribution is -0.136. The van der Waals surface area contributed by atoms with Crippen molar-refractivity contribution < 1.29 is 9.90 Å². The van der Waals surface area contributed by atoms with Crippen molar-refractivity contribution in [3.63, 3.8) is 0 Å². The van der Waals surface area contributed by atoms with Gasteiger partial charge in [-0.15, -0.1) is 0 Å². The van der Waals surface area contributed by atoms with Crippen molar-refractivity contribution in [2.24, 2.45) is 0 Å². The molecule has 2 heterocycles. The number of carbonyl (C=O) groups is 1. The summed E-state index contributed by atoms with van der Waals surface area (Å²) in [4.78, 5) is 27.9. The highest BCUT2D eigenvalue weighted by Crippen LogP contribution is 2.18. The fraction of sp³-hybridized carbons (Fsp3) is 0.357. The third-order valence-electron chi connectivity index (χ3n) is 3.01. The van der Waals surface area contributed by atoms with E-state index in [-0.39, 0.29) is 6.42 Å². The van der Waals surface area contributed by atoms with Crippen molar-refractivity contribution in [1.82, 2.24) is 19.9 Å². The first-order valence-corrected chi connectivity index (χ1v) is 6.33. The number of hydrogen-bond donors (Lipinski definition) is 1. The molecule has 1 N–H and O–H groups in total. The molecular formula is C14H16N4O2. The Balaban J connectivity index is 2.37. The topological polar surface area (TPSA) is 88.9 Å². The third kappa shape index (κ3) is 3.14. The Hall–Kier alpha value is -2.37. The van der Waals surface area contributed by atoms with Gasteiger partial charge in [-0.3, -0.25) is 4.79 Å². The summed E-state index contributed by atoms with van der Waals surface area (Å²) in [6.45, 7) is 5.54. The van der Waals surface area contributed by atoms with Gasteiger partial charge in [0.2, 0.25) is 0 Å². The summed E-state index contributed by atoms with van der Waals surface area (Å²) in [6, 6.07) is 1.76. The minimum atomic E-state index is -0.820. The highest BCUT2D eigenvalue weighted by atomic mass is 16.4. The molecule has 0 aliphatic carbocycles. The van der Waals surface area contributed by atoms with Crippen molar-refractivity contribution in [2.75, 3.05) is 0 Å². The van der Waals surface area contributed by atoms with Crippen molar-refractivity contribution in [3.8, 4) is 11.5 Å². The van der Waals surface area contributed by atoms with Gasteiger partial charge in [-0.2, -0.15) is 0 Å². The molecule has 2 aromatic rings. The smallest absolute Gasteiger partial charge is 0.303 e. The van der Waals surface area contributed by atoms with Gasteiger partial charge >= 0.3 is 5.97 Å². The van der Waals surface area contributed by atoms with E-state index in [0.717, 1.165) is 17.0 Å². The Kier molecular flexibility index (Phi) is 4.02. The predicted molar refractivity (Wildman–Crippen MR) is 73.2 cm³/mol. The van der Waals surface area contributed by atoms with Gasteiger partial charge in [0.05, 0.1) is 0 Å². The molecule has 0 aliphatic heterocycles. The quantitative estimate of drug-likeness (QED) is 0.914. The molecule has 0 bridgehead atoms. The Morgan fingerprint density at radius 1 is 1.15 bits per heavy atom. The molecule has 0 spiro atoms. The Labute approximate surface area is 117 Å². The van der Waals surface area contributed by atoms with Crippen LogP contribution in [0.2, 0.25) is 0 Å². The van der Waals surface area contributed by atoms with Crippen molar-refractivity contribution in [3.05, 3.63) is 35.0 Å². The maximum Gasteiger partial charge on any atom is 0.303 e. The van der Waals surface area contributed by atoms with Crippen LogP contribution in [-0.4, -0.2) is 31.0 Å². The maximum absolute atomic E-state index is 10.7. The first kappa shape index (κ1) is 14.0. The first-order valence-electron chi connectivity index (χ1n) is 6.33.